The fourth-order valence-electron chi connectivity index (χ4n) is 0.808. The predicted octanol–water partition coefficient (Wildman–Crippen LogP) is 1.59. The van der Waals surface area contributed by atoms with Gasteiger partial charge in [-0.05, 0) is 13.1 Å². The zero-order valence-electron chi connectivity index (χ0n) is 7.14. The van der Waals surface area contributed by atoms with Crippen LogP contribution in [0.5, 0.6) is 0 Å². The van der Waals surface area contributed by atoms with Gasteiger partial charge < -0.3 is 9.80 Å². The Bertz CT molecular complexity index is 195. The zero-order valence-corrected chi connectivity index (χ0v) is 8.04. The van der Waals surface area contributed by atoms with Crippen LogP contribution in [-0.2, 0) is 0 Å². The Kier molecular flexibility index (Phi) is 6.02. The number of thiocyanates is 1. The summed E-state index contributed by atoms with van der Waals surface area (Å²) in [6.45, 7) is 7.82. The molecule has 3 nitrogen and oxygen atoms in total. The lowest BCUT2D eigenvalue weighted by atomic mass is 10.6. The molecule has 0 aliphatic carbocycles. The Morgan fingerprint density at radius 1 is 1.75 bits per heavy atom. The van der Waals surface area contributed by atoms with Crippen molar-refractivity contribution in [1.82, 2.24) is 9.80 Å². The maximum absolute atomic E-state index is 7.18. The molecule has 12 heavy (non-hydrogen) atoms. The quantitative estimate of drug-likeness (QED) is 0.521. The van der Waals surface area contributed by atoms with Gasteiger partial charge in [0.05, 0.1) is 6.67 Å². The monoisotopic (exact) mass is 183 g/mol. The van der Waals surface area contributed by atoms with Crippen molar-refractivity contribution < 1.29 is 0 Å². The van der Waals surface area contributed by atoms with Gasteiger partial charge >= 0.3 is 0 Å². The highest BCUT2D eigenvalue weighted by atomic mass is 32.1. The smallest absolute Gasteiger partial charge is 0.130 e. The van der Waals surface area contributed by atoms with Crippen LogP contribution < -0.4 is 0 Å². The van der Waals surface area contributed by atoms with E-state index in [0.717, 1.165) is 13.2 Å². The van der Waals surface area contributed by atoms with E-state index in [1.807, 2.05) is 17.3 Å². The normalized spacial score (nSPS) is 13.4. The van der Waals surface area contributed by atoms with Gasteiger partial charge in [-0.15, -0.1) is 0 Å². The number of nitriles is 1. The number of hydrogen-bond donors (Lipinski definition) is 1. The second-order valence-corrected chi connectivity index (χ2v) is 2.34. The summed E-state index contributed by atoms with van der Waals surface area (Å²) in [5.74, 6) is 0. The molecule has 1 aliphatic rings. The Balaban J connectivity index is 0.000000354. The van der Waals surface area contributed by atoms with Crippen molar-refractivity contribution in [2.24, 2.45) is 0 Å². The van der Waals surface area contributed by atoms with Crippen LogP contribution >= 0.6 is 12.6 Å². The van der Waals surface area contributed by atoms with Crippen molar-refractivity contribution in [3.05, 3.63) is 25.2 Å². The number of nitrogens with zero attached hydrogens (tertiary/aromatic N) is 3. The van der Waals surface area contributed by atoms with Crippen LogP contribution in [0.2, 0.25) is 0 Å². The molecule has 0 amide bonds. The van der Waals surface area contributed by atoms with Gasteiger partial charge in [-0.2, -0.15) is 5.26 Å². The maximum atomic E-state index is 7.18. The summed E-state index contributed by atoms with van der Waals surface area (Å²) >= 11 is 3.09. The summed E-state index contributed by atoms with van der Waals surface area (Å²) in [5, 5.41) is 8.63. The van der Waals surface area contributed by atoms with E-state index < -0.39 is 0 Å². The molecule has 1 aliphatic heterocycles. The summed E-state index contributed by atoms with van der Waals surface area (Å²) in [4.78, 5) is 4.26. The number of thiol groups is 1. The molecule has 0 unspecified atom stereocenters. The van der Waals surface area contributed by atoms with Gasteiger partial charge in [0, 0.05) is 18.9 Å². The van der Waals surface area contributed by atoms with Crippen molar-refractivity contribution in [2.45, 2.75) is 6.92 Å². The molecule has 0 aromatic carbocycles. The second-order valence-electron chi connectivity index (χ2n) is 2.14. The van der Waals surface area contributed by atoms with Gasteiger partial charge in [0.1, 0.15) is 5.40 Å². The van der Waals surface area contributed by atoms with Crippen LogP contribution in [0.25, 0.3) is 0 Å². The minimum atomic E-state index is 0.958. The highest BCUT2D eigenvalue weighted by molar-refractivity contribution is 7.85. The van der Waals surface area contributed by atoms with E-state index in [4.69, 9.17) is 5.26 Å². The number of hydrogen-bond acceptors (Lipinski definition) is 4. The van der Waals surface area contributed by atoms with Gasteiger partial charge in [-0.25, -0.2) is 0 Å². The molecule has 0 aromatic heterocycles. The van der Waals surface area contributed by atoms with E-state index in [9.17, 15) is 0 Å². The van der Waals surface area contributed by atoms with E-state index in [0.29, 0.717) is 0 Å². The first kappa shape index (κ1) is 10.9. The van der Waals surface area contributed by atoms with E-state index >= 15 is 0 Å². The molecule has 0 atom stereocenters. The Hall–Kier alpha value is -1.08. The lowest BCUT2D eigenvalue weighted by molar-refractivity contribution is 0.328. The molecular weight excluding hydrogens is 170 g/mol. The molecule has 4 heteroatoms. The average molecular weight is 183 g/mol. The molecule has 0 fully saturated rings. The molecule has 66 valence electrons. The summed E-state index contributed by atoms with van der Waals surface area (Å²) in [6.07, 6.45) is 5.92. The zero-order chi connectivity index (χ0) is 9.40. The lowest BCUT2D eigenvalue weighted by Gasteiger charge is -2.15. The van der Waals surface area contributed by atoms with Crippen molar-refractivity contribution in [1.29, 1.82) is 5.26 Å². The van der Waals surface area contributed by atoms with Crippen molar-refractivity contribution in [3.8, 4) is 5.40 Å². The molecule has 0 radical (unpaired) electrons. The third kappa shape index (κ3) is 3.94. The molecule has 1 heterocycles. The van der Waals surface area contributed by atoms with Crippen LogP contribution in [0, 0.1) is 10.7 Å². The summed E-state index contributed by atoms with van der Waals surface area (Å²) in [6, 6.07) is 0. The molecule has 1 rings (SSSR count). The molecule has 0 N–H and O–H groups in total. The van der Waals surface area contributed by atoms with Crippen LogP contribution in [0.4, 0.5) is 0 Å². The number of rotatable bonds is 2. The average Bonchev–Trinajstić information content (AvgIpc) is 2.53. The minimum Gasteiger partial charge on any atom is -0.359 e. The third-order valence-electron chi connectivity index (χ3n) is 1.45. The van der Waals surface area contributed by atoms with Crippen LogP contribution in [0.1, 0.15) is 6.92 Å². The minimum absolute atomic E-state index is 0.958. The second kappa shape index (κ2) is 6.62. The van der Waals surface area contributed by atoms with Crippen molar-refractivity contribution in [3.63, 3.8) is 0 Å². The van der Waals surface area contributed by atoms with Crippen LogP contribution in [0.3, 0.4) is 0 Å². The predicted molar refractivity (Wildman–Crippen MR) is 53.0 cm³/mol. The first-order chi connectivity index (χ1) is 5.78. The topological polar surface area (TPSA) is 30.3 Å². The largest absolute Gasteiger partial charge is 0.359 e. The van der Waals surface area contributed by atoms with Crippen molar-refractivity contribution >= 4 is 12.6 Å². The SMILES string of the molecule is C=CN1C=CN(CC)C1.N#CS. The van der Waals surface area contributed by atoms with Gasteiger partial charge in [-0.1, -0.05) is 19.2 Å². The van der Waals surface area contributed by atoms with Gasteiger partial charge in [0.15, 0.2) is 0 Å². The van der Waals surface area contributed by atoms with E-state index in [2.05, 4.69) is 37.2 Å². The van der Waals surface area contributed by atoms with E-state index in [1.165, 1.54) is 5.40 Å². The molecule has 0 bridgehead atoms. The maximum Gasteiger partial charge on any atom is 0.130 e. The molecular formula is C8H13N3S. The first-order valence-electron chi connectivity index (χ1n) is 3.62. The molecule has 0 spiro atoms. The Labute approximate surface area is 79.0 Å². The summed E-state index contributed by atoms with van der Waals surface area (Å²) in [5.41, 5.74) is 0. The molecule has 0 aromatic rings. The standard InChI is InChI=1S/C7H12N2.CHNS/c1-3-8-5-6-9(4-2)7-8;2-1-3/h3,5-6H,1,4,7H2,2H3;3H. The fourth-order valence-corrected chi connectivity index (χ4v) is 0.808. The molecule has 0 saturated carbocycles. The Morgan fingerprint density at radius 3 is 2.58 bits per heavy atom. The summed E-state index contributed by atoms with van der Waals surface area (Å²) in [7, 11) is 0. The third-order valence-corrected chi connectivity index (χ3v) is 1.45. The van der Waals surface area contributed by atoms with Crippen LogP contribution in [0.15, 0.2) is 25.2 Å². The first-order valence-corrected chi connectivity index (χ1v) is 4.07. The van der Waals surface area contributed by atoms with E-state index in [-0.39, 0.29) is 0 Å². The molecule has 0 saturated heterocycles. The van der Waals surface area contributed by atoms with Gasteiger partial charge in [0.2, 0.25) is 0 Å². The van der Waals surface area contributed by atoms with Crippen LogP contribution in [-0.4, -0.2) is 23.0 Å². The fraction of sp³-hybridized carbons (Fsp3) is 0.375. The Morgan fingerprint density at radius 2 is 2.33 bits per heavy atom. The lowest BCUT2D eigenvalue weighted by Crippen LogP contribution is -2.20. The van der Waals surface area contributed by atoms with Gasteiger partial charge in [0.25, 0.3) is 0 Å². The van der Waals surface area contributed by atoms with Crippen molar-refractivity contribution in [2.75, 3.05) is 13.2 Å². The highest BCUT2D eigenvalue weighted by Gasteiger charge is 2.05. The summed E-state index contributed by atoms with van der Waals surface area (Å²) < 4.78 is 0. The van der Waals surface area contributed by atoms with E-state index in [1.54, 1.807) is 0 Å². The highest BCUT2D eigenvalue weighted by Crippen LogP contribution is 2.04. The van der Waals surface area contributed by atoms with Gasteiger partial charge in [-0.3, -0.25) is 0 Å².